The standard InChI is InChI=1S/C22H23N3O/c26-22(18-6-2-1-3-7-18)23-19-8-10-20(11-9-19)25-16-12-21(13-17-25)24-14-4-5-15-24/h1-11,14-15,21H,12-13,16-17H2,(H,23,26). The summed E-state index contributed by atoms with van der Waals surface area (Å²) in [4.78, 5) is 14.6. The van der Waals surface area contributed by atoms with Crippen LogP contribution in [0.2, 0.25) is 0 Å². The zero-order chi connectivity index (χ0) is 17.8. The third-order valence-corrected chi connectivity index (χ3v) is 5.04. The first-order valence-corrected chi connectivity index (χ1v) is 9.13. The summed E-state index contributed by atoms with van der Waals surface area (Å²) in [7, 11) is 0. The summed E-state index contributed by atoms with van der Waals surface area (Å²) < 4.78 is 2.32. The molecule has 0 aliphatic carbocycles. The zero-order valence-electron chi connectivity index (χ0n) is 14.7. The van der Waals surface area contributed by atoms with E-state index in [1.54, 1.807) is 0 Å². The number of carbonyl (C=O) groups is 1. The molecule has 2 heterocycles. The Balaban J connectivity index is 1.35. The van der Waals surface area contributed by atoms with Crippen LogP contribution in [-0.2, 0) is 0 Å². The van der Waals surface area contributed by atoms with Gasteiger partial charge in [-0.25, -0.2) is 0 Å². The molecule has 1 amide bonds. The van der Waals surface area contributed by atoms with E-state index in [0.717, 1.165) is 31.6 Å². The van der Waals surface area contributed by atoms with Gasteiger partial charge in [-0.15, -0.1) is 0 Å². The number of carbonyl (C=O) groups excluding carboxylic acids is 1. The summed E-state index contributed by atoms with van der Waals surface area (Å²) in [5, 5.41) is 2.95. The fourth-order valence-electron chi connectivity index (χ4n) is 3.56. The second-order valence-electron chi connectivity index (χ2n) is 6.72. The van der Waals surface area contributed by atoms with Gasteiger partial charge in [0.2, 0.25) is 0 Å². The average molecular weight is 345 g/mol. The van der Waals surface area contributed by atoms with Crippen molar-refractivity contribution in [3.8, 4) is 0 Å². The minimum atomic E-state index is -0.0779. The van der Waals surface area contributed by atoms with Crippen LogP contribution in [0.3, 0.4) is 0 Å². The largest absolute Gasteiger partial charge is 0.371 e. The molecule has 1 N–H and O–H groups in total. The molecule has 1 saturated heterocycles. The summed E-state index contributed by atoms with van der Waals surface area (Å²) in [6.07, 6.45) is 6.62. The van der Waals surface area contributed by atoms with Crippen molar-refractivity contribution in [2.24, 2.45) is 0 Å². The van der Waals surface area contributed by atoms with E-state index in [0.29, 0.717) is 11.6 Å². The second-order valence-corrected chi connectivity index (χ2v) is 6.72. The number of rotatable bonds is 4. The number of benzene rings is 2. The maximum absolute atomic E-state index is 12.2. The van der Waals surface area contributed by atoms with Crippen LogP contribution in [0, 0.1) is 0 Å². The maximum Gasteiger partial charge on any atom is 0.255 e. The van der Waals surface area contributed by atoms with Crippen molar-refractivity contribution in [3.63, 3.8) is 0 Å². The molecular weight excluding hydrogens is 322 g/mol. The van der Waals surface area contributed by atoms with Crippen LogP contribution in [0.4, 0.5) is 11.4 Å². The van der Waals surface area contributed by atoms with E-state index in [1.807, 2.05) is 42.5 Å². The Labute approximate surface area is 154 Å². The highest BCUT2D eigenvalue weighted by Gasteiger charge is 2.20. The van der Waals surface area contributed by atoms with Gasteiger partial charge in [0.25, 0.3) is 5.91 Å². The van der Waals surface area contributed by atoms with Crippen molar-refractivity contribution in [1.29, 1.82) is 0 Å². The molecule has 0 bridgehead atoms. The minimum absolute atomic E-state index is 0.0779. The van der Waals surface area contributed by atoms with E-state index in [-0.39, 0.29) is 5.91 Å². The molecule has 1 aromatic heterocycles. The highest BCUT2D eigenvalue weighted by Crippen LogP contribution is 2.27. The predicted molar refractivity (Wildman–Crippen MR) is 106 cm³/mol. The number of hydrogen-bond acceptors (Lipinski definition) is 2. The van der Waals surface area contributed by atoms with Crippen LogP contribution >= 0.6 is 0 Å². The Kier molecular flexibility index (Phi) is 4.73. The number of piperidine rings is 1. The lowest BCUT2D eigenvalue weighted by Crippen LogP contribution is -2.34. The lowest BCUT2D eigenvalue weighted by atomic mass is 10.0. The predicted octanol–water partition coefficient (Wildman–Crippen LogP) is 4.58. The third-order valence-electron chi connectivity index (χ3n) is 5.04. The molecular formula is C22H23N3O. The van der Waals surface area contributed by atoms with Gasteiger partial charge in [0, 0.05) is 48.5 Å². The van der Waals surface area contributed by atoms with Crippen LogP contribution < -0.4 is 10.2 Å². The van der Waals surface area contributed by atoms with E-state index in [9.17, 15) is 4.79 Å². The molecule has 3 aromatic rings. The molecule has 4 nitrogen and oxygen atoms in total. The zero-order valence-corrected chi connectivity index (χ0v) is 14.7. The second kappa shape index (κ2) is 7.48. The Morgan fingerprint density at radius 1 is 0.846 bits per heavy atom. The van der Waals surface area contributed by atoms with Gasteiger partial charge in [0.1, 0.15) is 0 Å². The first kappa shape index (κ1) is 16.5. The lowest BCUT2D eigenvalue weighted by molar-refractivity contribution is 0.102. The average Bonchev–Trinajstić information content (AvgIpc) is 3.24. The minimum Gasteiger partial charge on any atom is -0.371 e. The molecule has 132 valence electrons. The van der Waals surface area contributed by atoms with E-state index >= 15 is 0 Å². The van der Waals surface area contributed by atoms with Crippen molar-refractivity contribution in [3.05, 3.63) is 84.7 Å². The van der Waals surface area contributed by atoms with Gasteiger partial charge in [-0.3, -0.25) is 4.79 Å². The van der Waals surface area contributed by atoms with E-state index in [4.69, 9.17) is 0 Å². The maximum atomic E-state index is 12.2. The fraction of sp³-hybridized carbons (Fsp3) is 0.227. The SMILES string of the molecule is O=C(Nc1ccc(N2CCC(n3cccc3)CC2)cc1)c1ccccc1. The Morgan fingerprint density at radius 3 is 2.15 bits per heavy atom. The fourth-order valence-corrected chi connectivity index (χ4v) is 3.56. The first-order valence-electron chi connectivity index (χ1n) is 9.13. The van der Waals surface area contributed by atoms with E-state index in [1.165, 1.54) is 5.69 Å². The smallest absolute Gasteiger partial charge is 0.255 e. The number of nitrogens with one attached hydrogen (secondary N) is 1. The molecule has 0 saturated carbocycles. The van der Waals surface area contributed by atoms with Crippen LogP contribution in [0.25, 0.3) is 0 Å². The topological polar surface area (TPSA) is 37.3 Å². The molecule has 4 rings (SSSR count). The number of amides is 1. The first-order chi connectivity index (χ1) is 12.8. The molecule has 0 atom stereocenters. The summed E-state index contributed by atoms with van der Waals surface area (Å²) in [6, 6.07) is 22.2. The Morgan fingerprint density at radius 2 is 1.50 bits per heavy atom. The third kappa shape index (κ3) is 3.64. The highest BCUT2D eigenvalue weighted by molar-refractivity contribution is 6.04. The van der Waals surface area contributed by atoms with Crippen molar-refractivity contribution in [1.82, 2.24) is 4.57 Å². The normalized spacial score (nSPS) is 15.0. The molecule has 1 aliphatic rings. The Hall–Kier alpha value is -3.01. The van der Waals surface area contributed by atoms with Crippen LogP contribution in [0.1, 0.15) is 29.2 Å². The van der Waals surface area contributed by atoms with E-state index < -0.39 is 0 Å². The van der Waals surface area contributed by atoms with Gasteiger partial charge in [-0.05, 0) is 61.4 Å². The Bertz CT molecular complexity index is 833. The van der Waals surface area contributed by atoms with Gasteiger partial charge in [-0.2, -0.15) is 0 Å². The molecule has 4 heteroatoms. The molecule has 0 spiro atoms. The van der Waals surface area contributed by atoms with Gasteiger partial charge in [0.05, 0.1) is 0 Å². The lowest BCUT2D eigenvalue weighted by Gasteiger charge is -2.34. The van der Waals surface area contributed by atoms with Gasteiger partial charge in [0.15, 0.2) is 0 Å². The van der Waals surface area contributed by atoms with Crippen molar-refractivity contribution >= 4 is 17.3 Å². The van der Waals surface area contributed by atoms with E-state index in [2.05, 4.69) is 51.4 Å². The summed E-state index contributed by atoms with van der Waals surface area (Å²) in [5.74, 6) is -0.0779. The molecule has 1 fully saturated rings. The molecule has 2 aromatic carbocycles. The summed E-state index contributed by atoms with van der Waals surface area (Å²) >= 11 is 0. The van der Waals surface area contributed by atoms with Crippen LogP contribution in [0.5, 0.6) is 0 Å². The molecule has 26 heavy (non-hydrogen) atoms. The quantitative estimate of drug-likeness (QED) is 0.751. The van der Waals surface area contributed by atoms with Crippen LogP contribution in [0.15, 0.2) is 79.1 Å². The molecule has 1 aliphatic heterocycles. The summed E-state index contributed by atoms with van der Waals surface area (Å²) in [5.41, 5.74) is 2.71. The highest BCUT2D eigenvalue weighted by atomic mass is 16.1. The van der Waals surface area contributed by atoms with Crippen LogP contribution in [-0.4, -0.2) is 23.6 Å². The van der Waals surface area contributed by atoms with Gasteiger partial charge >= 0.3 is 0 Å². The monoisotopic (exact) mass is 345 g/mol. The number of aromatic nitrogens is 1. The summed E-state index contributed by atoms with van der Waals surface area (Å²) in [6.45, 7) is 2.11. The van der Waals surface area contributed by atoms with Crippen molar-refractivity contribution < 1.29 is 4.79 Å². The number of hydrogen-bond donors (Lipinski definition) is 1. The molecule has 0 radical (unpaired) electrons. The van der Waals surface area contributed by atoms with Gasteiger partial charge < -0.3 is 14.8 Å². The number of nitrogens with zero attached hydrogens (tertiary/aromatic N) is 2. The number of anilines is 2. The van der Waals surface area contributed by atoms with Gasteiger partial charge in [-0.1, -0.05) is 18.2 Å². The van der Waals surface area contributed by atoms with Crippen molar-refractivity contribution in [2.45, 2.75) is 18.9 Å². The molecule has 0 unspecified atom stereocenters. The van der Waals surface area contributed by atoms with Crippen molar-refractivity contribution in [2.75, 3.05) is 23.3 Å².